The summed E-state index contributed by atoms with van der Waals surface area (Å²) < 4.78 is 0. The normalized spacial score (nSPS) is 10.0. The van der Waals surface area contributed by atoms with Gasteiger partial charge in [-0.3, -0.25) is 4.79 Å². The highest BCUT2D eigenvalue weighted by atomic mass is 16.1. The van der Waals surface area contributed by atoms with E-state index in [2.05, 4.69) is 0 Å². The Morgan fingerprint density at radius 2 is 1.38 bits per heavy atom. The van der Waals surface area contributed by atoms with Crippen LogP contribution in [0.5, 0.6) is 0 Å². The van der Waals surface area contributed by atoms with Crippen LogP contribution in [0.15, 0.2) is 48.5 Å². The van der Waals surface area contributed by atoms with Crippen LogP contribution in [0.25, 0.3) is 0 Å². The number of nitrogens with two attached hydrogens (primary N) is 2. The lowest BCUT2D eigenvalue weighted by Crippen LogP contribution is -2.03. The maximum absolute atomic E-state index is 12.0. The summed E-state index contributed by atoms with van der Waals surface area (Å²) in [5, 5.41) is 0. The largest absolute Gasteiger partial charge is 0.399 e. The van der Waals surface area contributed by atoms with Crippen molar-refractivity contribution in [3.63, 3.8) is 0 Å². The van der Waals surface area contributed by atoms with E-state index in [0.717, 1.165) is 0 Å². The molecule has 0 atom stereocenters. The van der Waals surface area contributed by atoms with Crippen LogP contribution >= 0.6 is 0 Å². The molecule has 3 heteroatoms. The summed E-state index contributed by atoms with van der Waals surface area (Å²) in [5.41, 5.74) is 13.4. The second kappa shape index (κ2) is 4.06. The first-order valence-corrected chi connectivity index (χ1v) is 4.92. The lowest BCUT2D eigenvalue weighted by atomic mass is 10.0. The highest BCUT2D eigenvalue weighted by Crippen LogP contribution is 2.17. The van der Waals surface area contributed by atoms with E-state index in [-0.39, 0.29) is 5.78 Å². The Bertz CT molecular complexity index is 500. The Morgan fingerprint density at radius 1 is 0.812 bits per heavy atom. The second-order valence-corrected chi connectivity index (χ2v) is 3.58. The fourth-order valence-electron chi connectivity index (χ4n) is 1.56. The van der Waals surface area contributed by atoms with E-state index < -0.39 is 0 Å². The molecule has 0 heterocycles. The fourth-order valence-corrected chi connectivity index (χ4v) is 1.56. The van der Waals surface area contributed by atoms with Crippen molar-refractivity contribution < 1.29 is 4.79 Å². The minimum absolute atomic E-state index is 0.0698. The molecule has 0 unspecified atom stereocenters. The maximum Gasteiger partial charge on any atom is 0.193 e. The Balaban J connectivity index is 2.42. The fraction of sp³-hybridized carbons (Fsp3) is 0. The van der Waals surface area contributed by atoms with E-state index >= 15 is 0 Å². The minimum atomic E-state index is -0.0698. The predicted octanol–water partition coefficient (Wildman–Crippen LogP) is 2.08. The molecule has 0 aliphatic rings. The Kier molecular flexibility index (Phi) is 2.60. The van der Waals surface area contributed by atoms with Crippen LogP contribution in [-0.4, -0.2) is 5.78 Å². The van der Waals surface area contributed by atoms with Gasteiger partial charge in [0.25, 0.3) is 0 Å². The summed E-state index contributed by atoms with van der Waals surface area (Å²) in [4.78, 5) is 12.0. The molecular formula is C13H12N2O. The molecule has 0 saturated heterocycles. The molecule has 0 aliphatic carbocycles. The zero-order chi connectivity index (χ0) is 11.5. The third-order valence-electron chi connectivity index (χ3n) is 2.28. The van der Waals surface area contributed by atoms with Crippen LogP contribution in [0.3, 0.4) is 0 Å². The maximum atomic E-state index is 12.0. The number of rotatable bonds is 2. The van der Waals surface area contributed by atoms with E-state index in [1.54, 1.807) is 30.3 Å². The second-order valence-electron chi connectivity index (χ2n) is 3.58. The van der Waals surface area contributed by atoms with Gasteiger partial charge >= 0.3 is 0 Å². The van der Waals surface area contributed by atoms with Crippen molar-refractivity contribution >= 4 is 17.2 Å². The summed E-state index contributed by atoms with van der Waals surface area (Å²) in [6, 6.07) is 13.9. The summed E-state index contributed by atoms with van der Waals surface area (Å²) in [6.45, 7) is 0. The molecule has 2 aromatic carbocycles. The van der Waals surface area contributed by atoms with Gasteiger partial charge in [-0.05, 0) is 18.2 Å². The summed E-state index contributed by atoms with van der Waals surface area (Å²) in [7, 11) is 0. The molecule has 16 heavy (non-hydrogen) atoms. The number of hydrogen-bond acceptors (Lipinski definition) is 3. The van der Waals surface area contributed by atoms with E-state index in [1.807, 2.05) is 18.2 Å². The Morgan fingerprint density at radius 3 is 1.94 bits per heavy atom. The zero-order valence-corrected chi connectivity index (χ0v) is 8.68. The topological polar surface area (TPSA) is 69.1 Å². The molecule has 0 fully saturated rings. The van der Waals surface area contributed by atoms with Gasteiger partial charge in [0.2, 0.25) is 0 Å². The molecule has 0 aliphatic heterocycles. The van der Waals surface area contributed by atoms with E-state index in [0.29, 0.717) is 22.5 Å². The zero-order valence-electron chi connectivity index (χ0n) is 8.68. The van der Waals surface area contributed by atoms with Crippen LogP contribution in [-0.2, 0) is 0 Å². The molecule has 0 bridgehead atoms. The molecule has 0 amide bonds. The molecule has 4 N–H and O–H groups in total. The van der Waals surface area contributed by atoms with Gasteiger partial charge in [-0.15, -0.1) is 0 Å². The monoisotopic (exact) mass is 212 g/mol. The minimum Gasteiger partial charge on any atom is -0.399 e. The highest BCUT2D eigenvalue weighted by molar-refractivity contribution is 6.09. The van der Waals surface area contributed by atoms with Gasteiger partial charge in [-0.25, -0.2) is 0 Å². The standard InChI is InChI=1S/C13H12N2O/c14-11-6-10(7-12(15)8-11)13(16)9-4-2-1-3-5-9/h1-8H,14-15H2. The van der Waals surface area contributed by atoms with E-state index in [1.165, 1.54) is 0 Å². The number of carbonyl (C=O) groups excluding carboxylic acids is 1. The van der Waals surface area contributed by atoms with Crippen molar-refractivity contribution in [2.24, 2.45) is 0 Å². The lowest BCUT2D eigenvalue weighted by Gasteiger charge is -2.04. The SMILES string of the molecule is Nc1cc(N)cc(C(=O)c2ccccc2)c1. The molecule has 0 aromatic heterocycles. The van der Waals surface area contributed by atoms with Gasteiger partial charge in [-0.2, -0.15) is 0 Å². The third kappa shape index (κ3) is 2.03. The highest BCUT2D eigenvalue weighted by Gasteiger charge is 2.09. The number of benzene rings is 2. The first kappa shape index (κ1) is 10.2. The van der Waals surface area contributed by atoms with Crippen molar-refractivity contribution in [2.45, 2.75) is 0 Å². The predicted molar refractivity (Wildman–Crippen MR) is 65.1 cm³/mol. The van der Waals surface area contributed by atoms with Crippen LogP contribution in [0.1, 0.15) is 15.9 Å². The molecule has 80 valence electrons. The number of carbonyl (C=O) groups is 1. The summed E-state index contributed by atoms with van der Waals surface area (Å²) in [5.74, 6) is -0.0698. The summed E-state index contributed by atoms with van der Waals surface area (Å²) in [6.07, 6.45) is 0. The van der Waals surface area contributed by atoms with E-state index in [9.17, 15) is 4.79 Å². The van der Waals surface area contributed by atoms with Gasteiger partial charge in [-0.1, -0.05) is 30.3 Å². The number of nitrogen functional groups attached to an aromatic ring is 2. The van der Waals surface area contributed by atoms with Crippen LogP contribution < -0.4 is 11.5 Å². The number of anilines is 2. The first-order chi connectivity index (χ1) is 7.66. The van der Waals surface area contributed by atoms with E-state index in [4.69, 9.17) is 11.5 Å². The van der Waals surface area contributed by atoms with Crippen LogP contribution in [0, 0.1) is 0 Å². The van der Waals surface area contributed by atoms with Gasteiger partial charge in [0.05, 0.1) is 0 Å². The quantitative estimate of drug-likeness (QED) is 0.591. The Labute approximate surface area is 93.7 Å². The first-order valence-electron chi connectivity index (χ1n) is 4.92. The van der Waals surface area contributed by atoms with Crippen molar-refractivity contribution in [1.29, 1.82) is 0 Å². The van der Waals surface area contributed by atoms with Crippen molar-refractivity contribution in [3.05, 3.63) is 59.7 Å². The molecule has 0 radical (unpaired) electrons. The smallest absolute Gasteiger partial charge is 0.193 e. The molecule has 2 rings (SSSR count). The molecular weight excluding hydrogens is 200 g/mol. The van der Waals surface area contributed by atoms with Gasteiger partial charge in [0.15, 0.2) is 5.78 Å². The molecule has 2 aromatic rings. The average molecular weight is 212 g/mol. The average Bonchev–Trinajstić information content (AvgIpc) is 2.28. The van der Waals surface area contributed by atoms with Crippen molar-refractivity contribution in [3.8, 4) is 0 Å². The van der Waals surface area contributed by atoms with Crippen molar-refractivity contribution in [1.82, 2.24) is 0 Å². The number of hydrogen-bond donors (Lipinski definition) is 2. The van der Waals surface area contributed by atoms with Crippen LogP contribution in [0.4, 0.5) is 11.4 Å². The Hall–Kier alpha value is -2.29. The summed E-state index contributed by atoms with van der Waals surface area (Å²) >= 11 is 0. The molecule has 0 spiro atoms. The molecule has 0 saturated carbocycles. The lowest BCUT2D eigenvalue weighted by molar-refractivity contribution is 0.103. The number of ketones is 1. The van der Waals surface area contributed by atoms with Gasteiger partial charge < -0.3 is 11.5 Å². The van der Waals surface area contributed by atoms with Crippen molar-refractivity contribution in [2.75, 3.05) is 11.5 Å². The van der Waals surface area contributed by atoms with Gasteiger partial charge in [0, 0.05) is 22.5 Å². The third-order valence-corrected chi connectivity index (χ3v) is 2.28. The van der Waals surface area contributed by atoms with Crippen LogP contribution in [0.2, 0.25) is 0 Å². The van der Waals surface area contributed by atoms with Gasteiger partial charge in [0.1, 0.15) is 0 Å². The molecule has 3 nitrogen and oxygen atoms in total.